The molecular formula is C15H22N4O2S2. The van der Waals surface area contributed by atoms with Gasteiger partial charge < -0.3 is 10.7 Å². The maximum atomic E-state index is 12.4. The minimum absolute atomic E-state index is 0.00854. The summed E-state index contributed by atoms with van der Waals surface area (Å²) in [6.45, 7) is 3.95. The number of hydrogen-bond donors (Lipinski definition) is 3. The molecule has 0 bridgehead atoms. The number of carbonyl (C=O) groups excluding carboxylic acids is 1. The van der Waals surface area contributed by atoms with Gasteiger partial charge in [0.25, 0.3) is 5.56 Å². The van der Waals surface area contributed by atoms with E-state index < -0.39 is 5.56 Å². The highest BCUT2D eigenvalue weighted by Crippen LogP contribution is 2.31. The standard InChI is InChI=1S/C15H22N4O2S2/c1-8-5-3-4-6-10(8)11(20)7-23-9(2)17-13-12(16)14(21)19-15(22)18-13/h8,10H,3-7,16H2,1-2H3,(H2,18,19,21,22). The van der Waals surface area contributed by atoms with Crippen LogP contribution in [-0.2, 0) is 4.79 Å². The number of nitrogens with two attached hydrogens (primary N) is 1. The summed E-state index contributed by atoms with van der Waals surface area (Å²) in [5.41, 5.74) is 5.22. The Bertz CT molecular complexity index is 723. The van der Waals surface area contributed by atoms with Crippen molar-refractivity contribution < 1.29 is 4.79 Å². The first-order chi connectivity index (χ1) is 10.9. The van der Waals surface area contributed by atoms with E-state index in [2.05, 4.69) is 21.9 Å². The SMILES string of the molecule is CC(=Nc1[nH]c(=S)[nH]c(=O)c1N)SCC(=O)C1CCCCC1C. The summed E-state index contributed by atoms with van der Waals surface area (Å²) in [6.07, 6.45) is 4.48. The van der Waals surface area contributed by atoms with Gasteiger partial charge in [-0.2, -0.15) is 0 Å². The van der Waals surface area contributed by atoms with Crippen LogP contribution in [0.25, 0.3) is 0 Å². The Balaban J connectivity index is 2.02. The number of ketones is 1. The summed E-state index contributed by atoms with van der Waals surface area (Å²) in [5.74, 6) is 1.55. The normalized spacial score (nSPS) is 22.1. The number of Topliss-reactive ketones (excluding diaryl/α,β-unsaturated/α-hetero) is 1. The number of aromatic nitrogens is 2. The fourth-order valence-corrected chi connectivity index (χ4v) is 3.75. The van der Waals surface area contributed by atoms with Crippen molar-refractivity contribution >= 4 is 46.3 Å². The van der Waals surface area contributed by atoms with Gasteiger partial charge in [-0.15, -0.1) is 11.8 Å². The smallest absolute Gasteiger partial charge is 0.277 e. The number of nitrogens with one attached hydrogen (secondary N) is 2. The van der Waals surface area contributed by atoms with Crippen LogP contribution in [0, 0.1) is 16.6 Å². The van der Waals surface area contributed by atoms with Crippen molar-refractivity contribution in [2.24, 2.45) is 16.8 Å². The number of nitrogen functional groups attached to an aromatic ring is 1. The zero-order valence-electron chi connectivity index (χ0n) is 13.3. The second-order valence-corrected chi connectivity index (χ2v) is 7.50. The molecule has 0 radical (unpaired) electrons. The Morgan fingerprint density at radius 3 is 2.78 bits per heavy atom. The van der Waals surface area contributed by atoms with Crippen molar-refractivity contribution in [3.63, 3.8) is 0 Å². The third-order valence-corrected chi connectivity index (χ3v) is 5.32. The first-order valence-electron chi connectivity index (χ1n) is 7.71. The van der Waals surface area contributed by atoms with Crippen molar-refractivity contribution in [1.29, 1.82) is 0 Å². The number of H-pyrrole nitrogens is 2. The topological polar surface area (TPSA) is 104 Å². The molecule has 0 spiro atoms. The van der Waals surface area contributed by atoms with E-state index >= 15 is 0 Å². The summed E-state index contributed by atoms with van der Waals surface area (Å²) in [5, 5.41) is 0.671. The maximum Gasteiger partial charge on any atom is 0.277 e. The van der Waals surface area contributed by atoms with Crippen molar-refractivity contribution in [1.82, 2.24) is 9.97 Å². The fourth-order valence-electron chi connectivity index (χ4n) is 2.84. The summed E-state index contributed by atoms with van der Waals surface area (Å²) in [7, 11) is 0. The summed E-state index contributed by atoms with van der Waals surface area (Å²) < 4.78 is 0.174. The van der Waals surface area contributed by atoms with Gasteiger partial charge in [0.2, 0.25) is 0 Å². The molecule has 6 nitrogen and oxygen atoms in total. The van der Waals surface area contributed by atoms with Crippen molar-refractivity contribution in [3.8, 4) is 0 Å². The molecule has 23 heavy (non-hydrogen) atoms. The lowest BCUT2D eigenvalue weighted by Crippen LogP contribution is -2.26. The van der Waals surface area contributed by atoms with Crippen molar-refractivity contribution in [3.05, 3.63) is 15.1 Å². The van der Waals surface area contributed by atoms with Crippen LogP contribution in [0.3, 0.4) is 0 Å². The molecule has 2 unspecified atom stereocenters. The molecule has 2 rings (SSSR count). The van der Waals surface area contributed by atoms with Crippen LogP contribution in [0.5, 0.6) is 0 Å². The molecule has 2 atom stereocenters. The first kappa shape index (κ1) is 17.9. The van der Waals surface area contributed by atoms with Crippen molar-refractivity contribution in [2.45, 2.75) is 39.5 Å². The van der Waals surface area contributed by atoms with Crippen LogP contribution in [0.1, 0.15) is 39.5 Å². The quantitative estimate of drug-likeness (QED) is 0.437. The minimum Gasteiger partial charge on any atom is -0.391 e. The van der Waals surface area contributed by atoms with Crippen LogP contribution in [0.2, 0.25) is 0 Å². The third-order valence-electron chi connectivity index (χ3n) is 4.18. The van der Waals surface area contributed by atoms with E-state index in [1.807, 2.05) is 0 Å². The predicted molar refractivity (Wildman–Crippen MR) is 98.0 cm³/mol. The van der Waals surface area contributed by atoms with E-state index in [4.69, 9.17) is 18.0 Å². The minimum atomic E-state index is -0.461. The molecule has 1 aliphatic rings. The summed E-state index contributed by atoms with van der Waals surface area (Å²) >= 11 is 6.28. The van der Waals surface area contributed by atoms with Crippen LogP contribution in [-0.4, -0.2) is 26.5 Å². The van der Waals surface area contributed by atoms with Crippen molar-refractivity contribution in [2.75, 3.05) is 11.5 Å². The van der Waals surface area contributed by atoms with Gasteiger partial charge in [0.15, 0.2) is 10.6 Å². The molecule has 0 amide bonds. The Hall–Kier alpha value is -1.41. The number of carbonyl (C=O) groups is 1. The second kappa shape index (κ2) is 7.92. The number of anilines is 1. The maximum absolute atomic E-state index is 12.4. The molecule has 1 aromatic rings. The number of thioether (sulfide) groups is 1. The van der Waals surface area contributed by atoms with Crippen LogP contribution >= 0.6 is 24.0 Å². The van der Waals surface area contributed by atoms with Gasteiger partial charge in [0, 0.05) is 5.92 Å². The van der Waals surface area contributed by atoms with Gasteiger partial charge in [0.1, 0.15) is 11.5 Å². The lowest BCUT2D eigenvalue weighted by molar-refractivity contribution is -0.122. The number of aliphatic imine (C=N–C) groups is 1. The second-order valence-electron chi connectivity index (χ2n) is 5.92. The van der Waals surface area contributed by atoms with Crippen LogP contribution in [0.4, 0.5) is 11.5 Å². The highest BCUT2D eigenvalue weighted by atomic mass is 32.2. The van der Waals surface area contributed by atoms with Crippen LogP contribution < -0.4 is 11.3 Å². The average Bonchev–Trinajstić information content (AvgIpc) is 2.50. The Labute approximate surface area is 144 Å². The molecule has 1 saturated carbocycles. The number of rotatable bonds is 4. The molecular weight excluding hydrogens is 332 g/mol. The molecule has 1 aromatic heterocycles. The molecule has 1 fully saturated rings. The zero-order chi connectivity index (χ0) is 17.0. The number of hydrogen-bond acceptors (Lipinski definition) is 6. The van der Waals surface area contributed by atoms with Gasteiger partial charge in [-0.25, -0.2) is 4.99 Å². The van der Waals surface area contributed by atoms with Gasteiger partial charge in [-0.3, -0.25) is 14.6 Å². The molecule has 126 valence electrons. The zero-order valence-corrected chi connectivity index (χ0v) is 15.0. The van der Waals surface area contributed by atoms with Gasteiger partial charge in [0.05, 0.1) is 10.8 Å². The van der Waals surface area contributed by atoms with E-state index in [9.17, 15) is 9.59 Å². The van der Waals surface area contributed by atoms with E-state index in [1.165, 1.54) is 18.2 Å². The number of nitrogens with zero attached hydrogens (tertiary/aromatic N) is 1. The first-order valence-corrected chi connectivity index (χ1v) is 9.10. The summed E-state index contributed by atoms with van der Waals surface area (Å²) in [4.78, 5) is 33.3. The molecule has 0 saturated heterocycles. The van der Waals surface area contributed by atoms with E-state index in [0.29, 0.717) is 16.7 Å². The predicted octanol–water partition coefficient (Wildman–Crippen LogP) is 3.19. The highest BCUT2D eigenvalue weighted by Gasteiger charge is 2.27. The van der Waals surface area contributed by atoms with Gasteiger partial charge >= 0.3 is 0 Å². The molecule has 1 heterocycles. The number of aromatic amines is 2. The molecule has 0 aromatic carbocycles. The Morgan fingerprint density at radius 2 is 2.09 bits per heavy atom. The van der Waals surface area contributed by atoms with Gasteiger partial charge in [-0.05, 0) is 31.5 Å². The lowest BCUT2D eigenvalue weighted by Gasteiger charge is -2.27. The largest absolute Gasteiger partial charge is 0.391 e. The Morgan fingerprint density at radius 1 is 1.39 bits per heavy atom. The van der Waals surface area contributed by atoms with E-state index in [-0.39, 0.29) is 28.0 Å². The monoisotopic (exact) mass is 354 g/mol. The van der Waals surface area contributed by atoms with Gasteiger partial charge in [-0.1, -0.05) is 26.2 Å². The molecule has 4 N–H and O–H groups in total. The highest BCUT2D eigenvalue weighted by molar-refractivity contribution is 8.14. The molecule has 1 aliphatic carbocycles. The van der Waals surface area contributed by atoms with E-state index in [0.717, 1.165) is 19.3 Å². The third kappa shape index (κ3) is 4.78. The lowest BCUT2D eigenvalue weighted by atomic mass is 9.78. The Kier molecular flexibility index (Phi) is 6.17. The molecule has 0 aliphatic heterocycles. The fraction of sp³-hybridized carbons (Fsp3) is 0.600. The van der Waals surface area contributed by atoms with E-state index in [1.54, 1.807) is 6.92 Å². The van der Waals surface area contributed by atoms with Crippen LogP contribution in [0.15, 0.2) is 9.79 Å². The average molecular weight is 355 g/mol. The molecule has 8 heteroatoms. The summed E-state index contributed by atoms with van der Waals surface area (Å²) in [6, 6.07) is 0.